The number of allylic oxidation sites excluding steroid dienone is 1. The highest BCUT2D eigenvalue weighted by Gasteiger charge is 2.21. The number of benzene rings is 2. The zero-order valence-electron chi connectivity index (χ0n) is 14.5. The van der Waals surface area contributed by atoms with Crippen LogP contribution in [0.5, 0.6) is 17.2 Å². The van der Waals surface area contributed by atoms with Crippen LogP contribution in [0.3, 0.4) is 0 Å². The largest absolute Gasteiger partial charge is 0.502 e. The van der Waals surface area contributed by atoms with Crippen LogP contribution in [0.4, 0.5) is 0 Å². The second kappa shape index (κ2) is 6.22. The van der Waals surface area contributed by atoms with Crippen LogP contribution in [0.25, 0.3) is 22.6 Å². The fraction of sp³-hybridized carbons (Fsp3) is 0.200. The van der Waals surface area contributed by atoms with Gasteiger partial charge in [0.15, 0.2) is 11.5 Å². The Bertz CT molecular complexity index is 1070. The molecule has 2 heterocycles. The van der Waals surface area contributed by atoms with Crippen molar-refractivity contribution in [3.05, 3.63) is 58.1 Å². The van der Waals surface area contributed by atoms with Crippen LogP contribution >= 0.6 is 0 Å². The molecule has 6 heteroatoms. The number of nitrogens with zero attached hydrogens (tertiary/aromatic N) is 2. The van der Waals surface area contributed by atoms with Gasteiger partial charge in [0.2, 0.25) is 5.75 Å². The predicted molar refractivity (Wildman–Crippen MR) is 99.7 cm³/mol. The zero-order valence-corrected chi connectivity index (χ0v) is 14.5. The van der Waals surface area contributed by atoms with E-state index in [1.54, 1.807) is 22.8 Å². The Labute approximate surface area is 149 Å². The maximum Gasteiger partial charge on any atom is 0.261 e. The third-order valence-electron chi connectivity index (χ3n) is 4.60. The van der Waals surface area contributed by atoms with Gasteiger partial charge in [-0.3, -0.25) is 9.36 Å². The van der Waals surface area contributed by atoms with Gasteiger partial charge in [-0.05, 0) is 47.9 Å². The zero-order chi connectivity index (χ0) is 18.3. The number of ether oxygens (including phenoxy) is 2. The first-order chi connectivity index (χ1) is 12.6. The van der Waals surface area contributed by atoms with Gasteiger partial charge < -0.3 is 14.6 Å². The van der Waals surface area contributed by atoms with Crippen molar-refractivity contribution in [1.82, 2.24) is 9.55 Å². The van der Waals surface area contributed by atoms with E-state index in [9.17, 15) is 9.90 Å². The van der Waals surface area contributed by atoms with Crippen molar-refractivity contribution in [2.24, 2.45) is 0 Å². The number of phenolic OH excluding ortho intramolecular Hbond substituents is 1. The first kappa shape index (κ1) is 16.2. The van der Waals surface area contributed by atoms with Gasteiger partial charge in [-0.2, -0.15) is 0 Å². The molecule has 3 aromatic rings. The number of para-hydroxylation sites is 1. The highest BCUT2D eigenvalue weighted by molar-refractivity contribution is 5.85. The summed E-state index contributed by atoms with van der Waals surface area (Å²) in [4.78, 5) is 17.4. The molecule has 0 amide bonds. The van der Waals surface area contributed by atoms with Crippen molar-refractivity contribution in [3.63, 3.8) is 0 Å². The lowest BCUT2D eigenvalue weighted by atomic mass is 10.1. The molecule has 4 rings (SSSR count). The van der Waals surface area contributed by atoms with Gasteiger partial charge >= 0.3 is 0 Å². The highest BCUT2D eigenvalue weighted by Crippen LogP contribution is 2.38. The van der Waals surface area contributed by atoms with Gasteiger partial charge in [0.1, 0.15) is 5.82 Å². The summed E-state index contributed by atoms with van der Waals surface area (Å²) in [6.07, 6.45) is 2.66. The lowest BCUT2D eigenvalue weighted by Crippen LogP contribution is -2.20. The fourth-order valence-corrected chi connectivity index (χ4v) is 3.30. The van der Waals surface area contributed by atoms with E-state index in [1.165, 1.54) is 14.2 Å². The molecule has 1 N–H and O–H groups in total. The number of hydrogen-bond acceptors (Lipinski definition) is 5. The van der Waals surface area contributed by atoms with E-state index in [0.717, 1.165) is 11.1 Å². The molecule has 0 atom stereocenters. The maximum atomic E-state index is 12.7. The summed E-state index contributed by atoms with van der Waals surface area (Å²) in [5.74, 6) is 1.31. The molecule has 26 heavy (non-hydrogen) atoms. The van der Waals surface area contributed by atoms with E-state index in [1.807, 2.05) is 24.3 Å². The summed E-state index contributed by atoms with van der Waals surface area (Å²) >= 11 is 0. The molecule has 0 bridgehead atoms. The third-order valence-corrected chi connectivity index (χ3v) is 4.60. The number of aromatic nitrogens is 2. The monoisotopic (exact) mass is 350 g/mol. The van der Waals surface area contributed by atoms with E-state index in [4.69, 9.17) is 9.47 Å². The molecule has 0 saturated heterocycles. The van der Waals surface area contributed by atoms with Gasteiger partial charge in [0, 0.05) is 6.54 Å². The van der Waals surface area contributed by atoms with E-state index in [-0.39, 0.29) is 11.3 Å². The van der Waals surface area contributed by atoms with Crippen LogP contribution in [0.15, 0.2) is 41.2 Å². The third kappa shape index (κ3) is 2.50. The molecule has 0 saturated carbocycles. The molecule has 132 valence electrons. The molecule has 0 unspecified atom stereocenters. The topological polar surface area (TPSA) is 73.6 Å². The molecule has 0 aliphatic carbocycles. The summed E-state index contributed by atoms with van der Waals surface area (Å²) in [7, 11) is 2.98. The molecule has 0 radical (unpaired) electrons. The smallest absolute Gasteiger partial charge is 0.261 e. The summed E-state index contributed by atoms with van der Waals surface area (Å²) in [6, 6.07) is 10.8. The Morgan fingerprint density at radius 2 is 1.85 bits per heavy atom. The summed E-state index contributed by atoms with van der Waals surface area (Å²) in [5.41, 5.74) is 2.44. The number of hydrogen-bond donors (Lipinski definition) is 1. The summed E-state index contributed by atoms with van der Waals surface area (Å²) in [6.45, 7) is 0.601. The lowest BCUT2D eigenvalue weighted by molar-refractivity contribution is 0.340. The van der Waals surface area contributed by atoms with Gasteiger partial charge in [-0.1, -0.05) is 12.1 Å². The lowest BCUT2D eigenvalue weighted by Gasteiger charge is -2.10. The number of aromatic hydroxyl groups is 1. The summed E-state index contributed by atoms with van der Waals surface area (Å²) < 4.78 is 12.1. The van der Waals surface area contributed by atoms with E-state index < -0.39 is 0 Å². The van der Waals surface area contributed by atoms with Gasteiger partial charge in [0.05, 0.1) is 25.1 Å². The highest BCUT2D eigenvalue weighted by atomic mass is 16.5. The SMILES string of the molecule is COc1cc(/C=C2\CCn3c2nc2ccccc2c3=O)cc(OC)c1O. The van der Waals surface area contributed by atoms with Gasteiger partial charge in [-0.25, -0.2) is 4.98 Å². The van der Waals surface area contributed by atoms with Crippen molar-refractivity contribution in [2.45, 2.75) is 13.0 Å². The molecular formula is C20H18N2O4. The van der Waals surface area contributed by atoms with Gasteiger partial charge in [0.25, 0.3) is 5.56 Å². The van der Waals surface area contributed by atoms with Crippen molar-refractivity contribution in [2.75, 3.05) is 14.2 Å². The number of rotatable bonds is 3. The standard InChI is InChI=1S/C20H18N2O4/c1-25-16-10-12(11-17(26-2)18(16)23)9-13-7-8-22-19(13)21-15-6-4-3-5-14(15)20(22)24/h3-6,9-11,23H,7-8H2,1-2H3/b13-9+. The normalized spacial score (nSPS) is 14.6. The van der Waals surface area contributed by atoms with Crippen LogP contribution in [-0.2, 0) is 6.54 Å². The number of fused-ring (bicyclic) bond motifs is 2. The molecule has 1 aliphatic heterocycles. The molecule has 1 aliphatic rings. The van der Waals surface area contributed by atoms with Crippen molar-refractivity contribution in [1.29, 1.82) is 0 Å². The van der Waals surface area contributed by atoms with Crippen LogP contribution in [-0.4, -0.2) is 28.9 Å². The second-order valence-electron chi connectivity index (χ2n) is 6.10. The van der Waals surface area contributed by atoms with Crippen molar-refractivity contribution >= 4 is 22.6 Å². The average molecular weight is 350 g/mol. The van der Waals surface area contributed by atoms with Gasteiger partial charge in [-0.15, -0.1) is 0 Å². The minimum atomic E-state index is -0.0377. The van der Waals surface area contributed by atoms with Crippen molar-refractivity contribution < 1.29 is 14.6 Å². The Morgan fingerprint density at radius 1 is 1.15 bits per heavy atom. The predicted octanol–water partition coefficient (Wildman–Crippen LogP) is 3.06. The van der Waals surface area contributed by atoms with E-state index in [0.29, 0.717) is 41.2 Å². The first-order valence-corrected chi connectivity index (χ1v) is 8.28. The molecular weight excluding hydrogens is 332 g/mol. The minimum Gasteiger partial charge on any atom is -0.502 e. The Balaban J connectivity index is 1.87. The average Bonchev–Trinajstić information content (AvgIpc) is 3.06. The number of methoxy groups -OCH3 is 2. The molecule has 0 spiro atoms. The van der Waals surface area contributed by atoms with Crippen LogP contribution in [0, 0.1) is 0 Å². The Morgan fingerprint density at radius 3 is 2.54 bits per heavy atom. The quantitative estimate of drug-likeness (QED) is 0.786. The molecule has 6 nitrogen and oxygen atoms in total. The fourth-order valence-electron chi connectivity index (χ4n) is 3.30. The molecule has 2 aromatic carbocycles. The summed E-state index contributed by atoms with van der Waals surface area (Å²) in [5, 5.41) is 10.7. The van der Waals surface area contributed by atoms with Crippen molar-refractivity contribution in [3.8, 4) is 17.2 Å². The minimum absolute atomic E-state index is 0.0186. The number of phenols is 1. The molecule has 1 aromatic heterocycles. The first-order valence-electron chi connectivity index (χ1n) is 8.28. The Hall–Kier alpha value is -3.28. The van der Waals surface area contributed by atoms with E-state index >= 15 is 0 Å². The van der Waals surface area contributed by atoms with Crippen LogP contribution in [0.1, 0.15) is 17.8 Å². The Kier molecular flexibility index (Phi) is 3.88. The van der Waals surface area contributed by atoms with E-state index in [2.05, 4.69) is 4.98 Å². The second-order valence-corrected chi connectivity index (χ2v) is 6.10. The maximum absolute atomic E-state index is 12.7. The molecule has 0 fully saturated rings. The van der Waals surface area contributed by atoms with Crippen LogP contribution < -0.4 is 15.0 Å². The van der Waals surface area contributed by atoms with Crippen LogP contribution in [0.2, 0.25) is 0 Å².